The first kappa shape index (κ1) is 22.8. The van der Waals surface area contributed by atoms with Crippen molar-refractivity contribution in [2.24, 2.45) is 5.92 Å². The predicted octanol–water partition coefficient (Wildman–Crippen LogP) is 1.09. The molecule has 1 saturated heterocycles. The van der Waals surface area contributed by atoms with Gasteiger partial charge in [-0.05, 0) is 43.2 Å². The van der Waals surface area contributed by atoms with Gasteiger partial charge < -0.3 is 20.5 Å². The smallest absolute Gasteiger partial charge is 0.328 e. The van der Waals surface area contributed by atoms with Gasteiger partial charge in [-0.2, -0.15) is 5.26 Å². The largest absolute Gasteiger partial charge is 0.392 e. The number of nitriles is 1. The minimum absolute atomic E-state index is 0.130. The highest BCUT2D eigenvalue weighted by atomic mass is 16.5. The van der Waals surface area contributed by atoms with Gasteiger partial charge in [-0.15, -0.1) is 0 Å². The van der Waals surface area contributed by atoms with Crippen molar-refractivity contribution in [1.29, 1.82) is 5.26 Å². The lowest BCUT2D eigenvalue weighted by molar-refractivity contribution is 0.0558. The number of allylic oxidation sites excluding steroid dienone is 1. The molecule has 4 N–H and O–H groups in total. The van der Waals surface area contributed by atoms with Crippen LogP contribution in [0.15, 0.2) is 29.2 Å². The number of aromatic nitrogens is 1. The summed E-state index contributed by atoms with van der Waals surface area (Å²) in [5, 5.41) is 28.2. The predicted molar refractivity (Wildman–Crippen MR) is 120 cm³/mol. The summed E-state index contributed by atoms with van der Waals surface area (Å²) in [5.41, 5.74) is 2.66. The molecule has 0 aliphatic carbocycles. The van der Waals surface area contributed by atoms with Crippen LogP contribution in [-0.2, 0) is 17.8 Å². The molecule has 3 aliphatic rings. The number of carbonyl (C=O) groups is 2. The highest BCUT2D eigenvalue weighted by Crippen LogP contribution is 2.27. The van der Waals surface area contributed by atoms with Crippen molar-refractivity contribution in [3.63, 3.8) is 0 Å². The number of aliphatic hydroxyl groups is 1. The van der Waals surface area contributed by atoms with Crippen LogP contribution in [0.25, 0.3) is 0 Å². The zero-order chi connectivity index (χ0) is 23.2. The third-order valence-corrected chi connectivity index (χ3v) is 6.08. The molecule has 1 fully saturated rings. The van der Waals surface area contributed by atoms with Crippen LogP contribution in [0, 0.1) is 17.2 Å². The number of carbonyl (C=O) groups excluding carboxylic acids is 2. The molecule has 4 rings (SSSR count). The Balaban J connectivity index is 1.48. The van der Waals surface area contributed by atoms with Crippen molar-refractivity contribution in [1.82, 2.24) is 20.9 Å². The van der Waals surface area contributed by atoms with Crippen LogP contribution >= 0.6 is 0 Å². The number of aryl methyl sites for hydroxylation is 1. The van der Waals surface area contributed by atoms with E-state index in [4.69, 9.17) is 4.74 Å². The number of rotatable bonds is 6. The van der Waals surface area contributed by atoms with E-state index in [1.807, 2.05) is 0 Å². The van der Waals surface area contributed by atoms with Gasteiger partial charge in [0.05, 0.1) is 37.1 Å². The van der Waals surface area contributed by atoms with Crippen LogP contribution in [0.2, 0.25) is 0 Å². The molecule has 0 radical (unpaired) electrons. The van der Waals surface area contributed by atoms with Crippen LogP contribution in [0.1, 0.15) is 40.9 Å². The van der Waals surface area contributed by atoms with Gasteiger partial charge in [-0.25, -0.2) is 9.78 Å². The SMILES string of the molecule is N#CC1=C(NCC2CCCOC2)C=C(NC(=O)N2CCCc3cc(CO)c(C=O)nc32)NC1. The maximum absolute atomic E-state index is 13.1. The van der Waals surface area contributed by atoms with Gasteiger partial charge in [0.15, 0.2) is 6.29 Å². The third-order valence-electron chi connectivity index (χ3n) is 6.08. The zero-order valence-corrected chi connectivity index (χ0v) is 18.4. The number of amides is 2. The summed E-state index contributed by atoms with van der Waals surface area (Å²) >= 11 is 0. The first-order valence-electron chi connectivity index (χ1n) is 11.2. The van der Waals surface area contributed by atoms with Crippen molar-refractivity contribution < 1.29 is 19.4 Å². The molecule has 0 spiro atoms. The molecule has 2 amide bonds. The van der Waals surface area contributed by atoms with Gasteiger partial charge in [0.25, 0.3) is 0 Å². The van der Waals surface area contributed by atoms with Crippen molar-refractivity contribution in [2.45, 2.75) is 32.3 Å². The number of aliphatic hydroxyl groups excluding tert-OH is 1. The van der Waals surface area contributed by atoms with Crippen molar-refractivity contribution in [2.75, 3.05) is 37.7 Å². The highest BCUT2D eigenvalue weighted by molar-refractivity contribution is 5.94. The minimum atomic E-state index is -0.378. The molecule has 174 valence electrons. The third kappa shape index (κ3) is 5.16. The molecule has 4 heterocycles. The standard InChI is InChI=1S/C23H28N6O4/c24-9-18-11-26-21(8-19(18)25-10-15-3-2-6-33-14-15)28-23(32)29-5-1-4-16-7-17(12-30)20(13-31)27-22(16)29/h7-8,13,15,25-26,30H,1-6,10-12,14H2,(H,28,32). The molecule has 33 heavy (non-hydrogen) atoms. The molecule has 1 atom stereocenters. The Bertz CT molecular complexity index is 1020. The first-order chi connectivity index (χ1) is 16.1. The second-order valence-corrected chi connectivity index (χ2v) is 8.36. The maximum Gasteiger partial charge on any atom is 0.328 e. The molecule has 0 bridgehead atoms. The maximum atomic E-state index is 13.1. The van der Waals surface area contributed by atoms with Gasteiger partial charge >= 0.3 is 6.03 Å². The van der Waals surface area contributed by atoms with E-state index in [1.54, 1.807) is 12.1 Å². The van der Waals surface area contributed by atoms with E-state index < -0.39 is 0 Å². The number of urea groups is 1. The second-order valence-electron chi connectivity index (χ2n) is 8.36. The van der Waals surface area contributed by atoms with Crippen LogP contribution in [-0.4, -0.2) is 55.3 Å². The van der Waals surface area contributed by atoms with Gasteiger partial charge in [0.2, 0.25) is 0 Å². The summed E-state index contributed by atoms with van der Waals surface area (Å²) in [4.78, 5) is 30.3. The normalized spacial score (nSPS) is 20.2. The van der Waals surface area contributed by atoms with Crippen LogP contribution in [0.5, 0.6) is 0 Å². The number of hydrogen-bond acceptors (Lipinski definition) is 8. The number of pyridine rings is 1. The van der Waals surface area contributed by atoms with E-state index in [0.29, 0.717) is 73.3 Å². The number of dihydropyridines is 1. The Morgan fingerprint density at radius 1 is 1.45 bits per heavy atom. The molecule has 0 aromatic carbocycles. The van der Waals surface area contributed by atoms with Crippen LogP contribution in [0.4, 0.5) is 10.6 Å². The quantitative estimate of drug-likeness (QED) is 0.470. The number of fused-ring (bicyclic) bond motifs is 1. The summed E-state index contributed by atoms with van der Waals surface area (Å²) in [5.74, 6) is 1.30. The molecule has 10 nitrogen and oxygen atoms in total. The number of aldehydes is 1. The van der Waals surface area contributed by atoms with E-state index in [2.05, 4.69) is 27.0 Å². The lowest BCUT2D eigenvalue weighted by Gasteiger charge is -2.30. The molecule has 0 saturated carbocycles. The molecule has 1 unspecified atom stereocenters. The highest BCUT2D eigenvalue weighted by Gasteiger charge is 2.27. The summed E-state index contributed by atoms with van der Waals surface area (Å²) < 4.78 is 5.52. The monoisotopic (exact) mass is 452 g/mol. The second kappa shape index (κ2) is 10.5. The van der Waals surface area contributed by atoms with E-state index in [1.165, 1.54) is 4.90 Å². The van der Waals surface area contributed by atoms with Gasteiger partial charge in [-0.3, -0.25) is 15.0 Å². The van der Waals surface area contributed by atoms with E-state index >= 15 is 0 Å². The number of hydrogen-bond donors (Lipinski definition) is 4. The molecule has 3 aliphatic heterocycles. The van der Waals surface area contributed by atoms with Gasteiger partial charge in [-0.1, -0.05) is 0 Å². The first-order valence-corrected chi connectivity index (χ1v) is 11.2. The zero-order valence-electron chi connectivity index (χ0n) is 18.4. The lowest BCUT2D eigenvalue weighted by atomic mass is 10.0. The Hall–Kier alpha value is -3.42. The lowest BCUT2D eigenvalue weighted by Crippen LogP contribution is -2.46. The number of nitrogens with zero attached hydrogens (tertiary/aromatic N) is 3. The molecular formula is C23H28N6O4. The fourth-order valence-corrected chi connectivity index (χ4v) is 4.29. The Labute approximate surface area is 192 Å². The van der Waals surface area contributed by atoms with E-state index in [0.717, 1.165) is 31.4 Å². The Kier molecular flexibility index (Phi) is 7.22. The van der Waals surface area contributed by atoms with Gasteiger partial charge in [0, 0.05) is 31.3 Å². The molecule has 10 heteroatoms. The fraction of sp³-hybridized carbons (Fsp3) is 0.478. The fourth-order valence-electron chi connectivity index (χ4n) is 4.29. The molecule has 1 aromatic rings. The summed E-state index contributed by atoms with van der Waals surface area (Å²) in [7, 11) is 0. The Morgan fingerprint density at radius 2 is 2.33 bits per heavy atom. The summed E-state index contributed by atoms with van der Waals surface area (Å²) in [6.45, 7) is 2.68. The van der Waals surface area contributed by atoms with Crippen LogP contribution in [0.3, 0.4) is 0 Å². The summed E-state index contributed by atoms with van der Waals surface area (Å²) in [6.07, 6.45) is 5.89. The van der Waals surface area contributed by atoms with Crippen molar-refractivity contribution in [3.8, 4) is 6.07 Å². The number of ether oxygens (including phenoxy) is 1. The van der Waals surface area contributed by atoms with Gasteiger partial charge in [0.1, 0.15) is 17.3 Å². The topological polar surface area (TPSA) is 140 Å². The Morgan fingerprint density at radius 3 is 3.06 bits per heavy atom. The average Bonchev–Trinajstić information content (AvgIpc) is 2.86. The van der Waals surface area contributed by atoms with Crippen molar-refractivity contribution >= 4 is 18.1 Å². The van der Waals surface area contributed by atoms with E-state index in [-0.39, 0.29) is 18.3 Å². The molecule has 1 aromatic heterocycles. The van der Waals surface area contributed by atoms with Crippen LogP contribution < -0.4 is 20.9 Å². The van der Waals surface area contributed by atoms with E-state index in [9.17, 15) is 20.0 Å². The number of anilines is 1. The molecular weight excluding hydrogens is 424 g/mol. The average molecular weight is 453 g/mol. The minimum Gasteiger partial charge on any atom is -0.392 e. The summed E-state index contributed by atoms with van der Waals surface area (Å²) in [6, 6.07) is 3.57. The number of nitrogens with one attached hydrogen (secondary N) is 3. The van der Waals surface area contributed by atoms with Crippen molar-refractivity contribution in [3.05, 3.63) is 46.1 Å².